The summed E-state index contributed by atoms with van der Waals surface area (Å²) >= 11 is 0. The van der Waals surface area contributed by atoms with Gasteiger partial charge in [0.1, 0.15) is 5.82 Å². The normalized spacial score (nSPS) is 16.1. The second-order valence-electron chi connectivity index (χ2n) is 4.99. The molecule has 1 aromatic rings. The van der Waals surface area contributed by atoms with Gasteiger partial charge in [0.25, 0.3) is 0 Å². The Kier molecular flexibility index (Phi) is 4.00. The van der Waals surface area contributed by atoms with E-state index in [0.29, 0.717) is 5.92 Å². The molecule has 0 aliphatic carbocycles. The van der Waals surface area contributed by atoms with Crippen LogP contribution in [0.1, 0.15) is 25.3 Å². The molecule has 0 amide bonds. The summed E-state index contributed by atoms with van der Waals surface area (Å²) < 4.78 is 13.2. The summed E-state index contributed by atoms with van der Waals surface area (Å²) in [6.07, 6.45) is 3.33. The van der Waals surface area contributed by atoms with E-state index in [2.05, 4.69) is 11.8 Å². The third-order valence-corrected chi connectivity index (χ3v) is 3.57. The van der Waals surface area contributed by atoms with Crippen LogP contribution in [0.4, 0.5) is 10.1 Å². The van der Waals surface area contributed by atoms with Crippen LogP contribution >= 0.6 is 0 Å². The van der Waals surface area contributed by atoms with Gasteiger partial charge in [0.05, 0.1) is 0 Å². The van der Waals surface area contributed by atoms with Crippen molar-refractivity contribution in [2.45, 2.75) is 26.2 Å². The van der Waals surface area contributed by atoms with Crippen LogP contribution in [-0.2, 0) is 6.42 Å². The smallest absolute Gasteiger partial charge is 0.125 e. The van der Waals surface area contributed by atoms with Crippen LogP contribution in [0.3, 0.4) is 0 Å². The lowest BCUT2D eigenvalue weighted by Gasteiger charge is -2.20. The van der Waals surface area contributed by atoms with E-state index >= 15 is 0 Å². The molecule has 1 atom stereocenters. The minimum atomic E-state index is -0.133. The number of anilines is 1. The predicted molar refractivity (Wildman–Crippen MR) is 69.8 cm³/mol. The first-order valence-corrected chi connectivity index (χ1v) is 6.44. The number of nitrogens with zero attached hydrogens (tertiary/aromatic N) is 1. The first kappa shape index (κ1) is 12.4. The van der Waals surface area contributed by atoms with E-state index < -0.39 is 0 Å². The zero-order chi connectivity index (χ0) is 12.3. The molecule has 94 valence electrons. The number of benzene rings is 1. The molecular formula is C14H21FN2. The summed E-state index contributed by atoms with van der Waals surface area (Å²) in [6.45, 7) is 4.97. The van der Waals surface area contributed by atoms with E-state index in [1.54, 1.807) is 12.1 Å². The van der Waals surface area contributed by atoms with E-state index in [9.17, 15) is 4.39 Å². The van der Waals surface area contributed by atoms with Gasteiger partial charge in [-0.15, -0.1) is 0 Å². The Morgan fingerprint density at radius 3 is 3.06 bits per heavy atom. The molecule has 17 heavy (non-hydrogen) atoms. The van der Waals surface area contributed by atoms with Crippen molar-refractivity contribution >= 4 is 5.69 Å². The van der Waals surface area contributed by atoms with E-state index in [-0.39, 0.29) is 5.82 Å². The Hall–Kier alpha value is -1.09. The zero-order valence-electron chi connectivity index (χ0n) is 10.5. The van der Waals surface area contributed by atoms with Crippen molar-refractivity contribution in [2.75, 3.05) is 24.5 Å². The van der Waals surface area contributed by atoms with Gasteiger partial charge >= 0.3 is 0 Å². The van der Waals surface area contributed by atoms with Gasteiger partial charge in [-0.05, 0) is 49.4 Å². The molecule has 0 bridgehead atoms. The molecule has 0 spiro atoms. The van der Waals surface area contributed by atoms with Crippen molar-refractivity contribution in [3.63, 3.8) is 0 Å². The van der Waals surface area contributed by atoms with Crippen molar-refractivity contribution in [2.24, 2.45) is 11.7 Å². The number of rotatable bonds is 5. The lowest BCUT2D eigenvalue weighted by molar-refractivity contribution is 0.518. The number of hydrogen-bond donors (Lipinski definition) is 1. The van der Waals surface area contributed by atoms with Gasteiger partial charge < -0.3 is 10.6 Å². The number of hydrogen-bond acceptors (Lipinski definition) is 2. The Morgan fingerprint density at radius 2 is 2.29 bits per heavy atom. The summed E-state index contributed by atoms with van der Waals surface area (Å²) in [5.41, 5.74) is 7.96. The third-order valence-electron chi connectivity index (χ3n) is 3.57. The molecule has 0 saturated heterocycles. The third kappa shape index (κ3) is 2.97. The average Bonchev–Trinajstić information content (AvgIpc) is 2.72. The molecule has 1 unspecified atom stereocenters. The maximum atomic E-state index is 13.2. The van der Waals surface area contributed by atoms with E-state index in [1.165, 1.54) is 5.56 Å². The summed E-state index contributed by atoms with van der Waals surface area (Å²) in [4.78, 5) is 2.29. The Bertz CT molecular complexity index is 378. The maximum Gasteiger partial charge on any atom is 0.125 e. The molecule has 2 nitrogen and oxygen atoms in total. The zero-order valence-corrected chi connectivity index (χ0v) is 10.5. The van der Waals surface area contributed by atoms with Crippen LogP contribution in [0.25, 0.3) is 0 Å². The van der Waals surface area contributed by atoms with Crippen molar-refractivity contribution < 1.29 is 4.39 Å². The first-order valence-electron chi connectivity index (χ1n) is 6.44. The van der Waals surface area contributed by atoms with E-state index in [1.807, 2.05) is 6.07 Å². The molecule has 1 aromatic carbocycles. The van der Waals surface area contributed by atoms with Crippen LogP contribution in [0.2, 0.25) is 0 Å². The van der Waals surface area contributed by atoms with E-state index in [0.717, 1.165) is 44.6 Å². The quantitative estimate of drug-likeness (QED) is 0.851. The van der Waals surface area contributed by atoms with Crippen LogP contribution < -0.4 is 10.6 Å². The summed E-state index contributed by atoms with van der Waals surface area (Å²) in [7, 11) is 0. The summed E-state index contributed by atoms with van der Waals surface area (Å²) in [5, 5.41) is 0. The lowest BCUT2D eigenvalue weighted by Crippen LogP contribution is -2.23. The standard InChI is InChI=1S/C14H21FN2/c1-11(10-16)3-2-7-17-8-6-12-4-5-13(15)9-14(12)17/h4-5,9,11H,2-3,6-8,10,16H2,1H3. The molecule has 2 N–H and O–H groups in total. The Morgan fingerprint density at radius 1 is 1.47 bits per heavy atom. The number of fused-ring (bicyclic) bond motifs is 1. The second-order valence-corrected chi connectivity index (χ2v) is 4.99. The van der Waals surface area contributed by atoms with Crippen molar-refractivity contribution in [1.29, 1.82) is 0 Å². The maximum absolute atomic E-state index is 13.2. The molecular weight excluding hydrogens is 215 g/mol. The van der Waals surface area contributed by atoms with E-state index in [4.69, 9.17) is 5.73 Å². The molecule has 2 rings (SSSR count). The monoisotopic (exact) mass is 236 g/mol. The van der Waals surface area contributed by atoms with Crippen molar-refractivity contribution in [3.8, 4) is 0 Å². The average molecular weight is 236 g/mol. The highest BCUT2D eigenvalue weighted by Crippen LogP contribution is 2.28. The van der Waals surface area contributed by atoms with Crippen molar-refractivity contribution in [1.82, 2.24) is 0 Å². The van der Waals surface area contributed by atoms with Gasteiger partial charge in [-0.2, -0.15) is 0 Å². The number of nitrogens with two attached hydrogens (primary N) is 1. The lowest BCUT2D eigenvalue weighted by atomic mass is 10.1. The molecule has 1 aliphatic rings. The van der Waals surface area contributed by atoms with Gasteiger partial charge in [-0.3, -0.25) is 0 Å². The highest BCUT2D eigenvalue weighted by molar-refractivity contribution is 5.58. The molecule has 0 aromatic heterocycles. The topological polar surface area (TPSA) is 29.3 Å². The van der Waals surface area contributed by atoms with Gasteiger partial charge in [-0.1, -0.05) is 13.0 Å². The highest BCUT2D eigenvalue weighted by Gasteiger charge is 2.18. The molecule has 0 radical (unpaired) electrons. The fourth-order valence-corrected chi connectivity index (χ4v) is 2.40. The number of halogens is 1. The molecule has 3 heteroatoms. The van der Waals surface area contributed by atoms with Crippen LogP contribution in [-0.4, -0.2) is 19.6 Å². The van der Waals surface area contributed by atoms with Gasteiger partial charge in [0, 0.05) is 18.8 Å². The predicted octanol–water partition coefficient (Wildman–Crippen LogP) is 2.56. The van der Waals surface area contributed by atoms with Crippen LogP contribution in [0.15, 0.2) is 18.2 Å². The van der Waals surface area contributed by atoms with Gasteiger partial charge in [0.2, 0.25) is 0 Å². The minimum absolute atomic E-state index is 0.133. The summed E-state index contributed by atoms with van der Waals surface area (Å²) in [5.74, 6) is 0.454. The molecule has 0 fully saturated rings. The van der Waals surface area contributed by atoms with Crippen LogP contribution in [0.5, 0.6) is 0 Å². The highest BCUT2D eigenvalue weighted by atomic mass is 19.1. The fourth-order valence-electron chi connectivity index (χ4n) is 2.40. The minimum Gasteiger partial charge on any atom is -0.371 e. The Labute approximate surface area is 103 Å². The van der Waals surface area contributed by atoms with Gasteiger partial charge in [-0.25, -0.2) is 4.39 Å². The summed E-state index contributed by atoms with van der Waals surface area (Å²) in [6, 6.07) is 5.13. The SMILES string of the molecule is CC(CN)CCCN1CCc2ccc(F)cc21. The molecule has 1 heterocycles. The van der Waals surface area contributed by atoms with Crippen molar-refractivity contribution in [3.05, 3.63) is 29.6 Å². The first-order chi connectivity index (χ1) is 8.20. The largest absolute Gasteiger partial charge is 0.371 e. The fraction of sp³-hybridized carbons (Fsp3) is 0.571. The van der Waals surface area contributed by atoms with Gasteiger partial charge in [0.15, 0.2) is 0 Å². The van der Waals surface area contributed by atoms with Crippen LogP contribution in [0, 0.1) is 11.7 Å². The molecule has 1 aliphatic heterocycles. The Balaban J connectivity index is 1.91. The second kappa shape index (κ2) is 5.50. The molecule has 0 saturated carbocycles.